The molecule has 0 aromatic carbocycles. The number of aryl methyl sites for hydroxylation is 1. The molecule has 0 radical (unpaired) electrons. The first-order chi connectivity index (χ1) is 9.11. The van der Waals surface area contributed by atoms with Crippen LogP contribution in [0.2, 0.25) is 0 Å². The highest BCUT2D eigenvalue weighted by Crippen LogP contribution is 2.24. The molecule has 1 unspecified atom stereocenters. The molecule has 21 heavy (non-hydrogen) atoms. The predicted molar refractivity (Wildman–Crippen MR) is 88.2 cm³/mol. The smallest absolute Gasteiger partial charge is 0.241 e. The van der Waals surface area contributed by atoms with Gasteiger partial charge in [-0.3, -0.25) is 9.48 Å². The summed E-state index contributed by atoms with van der Waals surface area (Å²) >= 11 is 0. The van der Waals surface area contributed by atoms with Crippen molar-refractivity contribution in [3.05, 3.63) is 18.0 Å². The normalized spacial score (nSPS) is 15.0. The summed E-state index contributed by atoms with van der Waals surface area (Å²) in [5.41, 5.74) is 0.887. The second kappa shape index (κ2) is 9.25. The number of hydrogen-bond acceptors (Lipinski definition) is 4. The SMILES string of the molecule is CNC(C(=O)NCCN(C)C1CC1)c1cnn(C)c1.Cl.Cl. The van der Waals surface area contributed by atoms with E-state index in [0.29, 0.717) is 6.54 Å². The number of halogens is 2. The van der Waals surface area contributed by atoms with Crippen molar-refractivity contribution in [1.29, 1.82) is 0 Å². The van der Waals surface area contributed by atoms with Gasteiger partial charge in [0.15, 0.2) is 0 Å². The summed E-state index contributed by atoms with van der Waals surface area (Å²) in [6.45, 7) is 1.59. The number of hydrogen-bond donors (Lipinski definition) is 2. The predicted octanol–water partition coefficient (Wildman–Crippen LogP) is 0.735. The topological polar surface area (TPSA) is 62.2 Å². The first-order valence-electron chi connectivity index (χ1n) is 6.75. The van der Waals surface area contributed by atoms with Gasteiger partial charge in [-0.05, 0) is 26.9 Å². The fourth-order valence-electron chi connectivity index (χ4n) is 2.19. The summed E-state index contributed by atoms with van der Waals surface area (Å²) in [7, 11) is 5.74. The maximum atomic E-state index is 12.1. The largest absolute Gasteiger partial charge is 0.353 e. The average molecular weight is 338 g/mol. The zero-order valence-corrected chi connectivity index (χ0v) is 14.3. The summed E-state index contributed by atoms with van der Waals surface area (Å²) in [5.74, 6) is -0.000281. The van der Waals surface area contributed by atoms with Crippen molar-refractivity contribution in [3.8, 4) is 0 Å². The molecule has 0 bridgehead atoms. The van der Waals surface area contributed by atoms with E-state index in [-0.39, 0.29) is 36.8 Å². The molecule has 1 aromatic rings. The van der Waals surface area contributed by atoms with Crippen LogP contribution in [-0.4, -0.2) is 53.8 Å². The number of amides is 1. The zero-order valence-electron chi connectivity index (χ0n) is 12.7. The zero-order chi connectivity index (χ0) is 13.8. The summed E-state index contributed by atoms with van der Waals surface area (Å²) in [6.07, 6.45) is 6.16. The lowest BCUT2D eigenvalue weighted by molar-refractivity contribution is -0.123. The number of rotatable bonds is 7. The van der Waals surface area contributed by atoms with Crippen LogP contribution < -0.4 is 10.6 Å². The highest BCUT2D eigenvalue weighted by atomic mass is 35.5. The van der Waals surface area contributed by atoms with E-state index < -0.39 is 0 Å². The lowest BCUT2D eigenvalue weighted by Crippen LogP contribution is -2.39. The number of nitrogens with zero attached hydrogens (tertiary/aromatic N) is 3. The Morgan fingerprint density at radius 1 is 1.52 bits per heavy atom. The van der Waals surface area contributed by atoms with E-state index >= 15 is 0 Å². The minimum Gasteiger partial charge on any atom is -0.353 e. The molecule has 0 aliphatic heterocycles. The maximum Gasteiger partial charge on any atom is 0.241 e. The Hall–Kier alpha value is -0.820. The van der Waals surface area contributed by atoms with E-state index in [2.05, 4.69) is 27.7 Å². The minimum absolute atomic E-state index is 0. The molecule has 2 N–H and O–H groups in total. The van der Waals surface area contributed by atoms with E-state index in [9.17, 15) is 4.79 Å². The van der Waals surface area contributed by atoms with Gasteiger partial charge in [-0.1, -0.05) is 0 Å². The van der Waals surface area contributed by atoms with Gasteiger partial charge >= 0.3 is 0 Å². The minimum atomic E-state index is -0.333. The third-order valence-electron chi connectivity index (χ3n) is 3.54. The average Bonchev–Trinajstić information content (AvgIpc) is 3.14. The molecule has 2 rings (SSSR count). The number of nitrogens with one attached hydrogen (secondary N) is 2. The highest BCUT2D eigenvalue weighted by Gasteiger charge is 2.26. The van der Waals surface area contributed by atoms with Crippen LogP contribution in [0.25, 0.3) is 0 Å². The Morgan fingerprint density at radius 2 is 2.19 bits per heavy atom. The molecular weight excluding hydrogens is 313 g/mol. The van der Waals surface area contributed by atoms with Crippen LogP contribution in [0.1, 0.15) is 24.4 Å². The van der Waals surface area contributed by atoms with E-state index in [1.165, 1.54) is 12.8 Å². The van der Waals surface area contributed by atoms with Gasteiger partial charge in [0.25, 0.3) is 0 Å². The molecule has 122 valence electrons. The van der Waals surface area contributed by atoms with Gasteiger partial charge in [-0.15, -0.1) is 24.8 Å². The molecule has 6 nitrogen and oxygen atoms in total. The van der Waals surface area contributed by atoms with Crippen molar-refractivity contribution < 1.29 is 4.79 Å². The van der Waals surface area contributed by atoms with E-state index in [0.717, 1.165) is 18.2 Å². The van der Waals surface area contributed by atoms with Gasteiger partial charge in [0.2, 0.25) is 5.91 Å². The third kappa shape index (κ3) is 5.82. The van der Waals surface area contributed by atoms with Crippen LogP contribution in [0.15, 0.2) is 12.4 Å². The van der Waals surface area contributed by atoms with Gasteiger partial charge in [-0.2, -0.15) is 5.10 Å². The molecule has 0 spiro atoms. The van der Waals surface area contributed by atoms with Gasteiger partial charge in [0.1, 0.15) is 6.04 Å². The summed E-state index contributed by atoms with van der Waals surface area (Å²) < 4.78 is 1.70. The Labute approximate surface area is 138 Å². The van der Waals surface area contributed by atoms with Crippen molar-refractivity contribution in [3.63, 3.8) is 0 Å². The van der Waals surface area contributed by atoms with Crippen LogP contribution >= 0.6 is 24.8 Å². The molecule has 1 amide bonds. The van der Waals surface area contributed by atoms with Gasteiger partial charge in [-0.25, -0.2) is 0 Å². The monoisotopic (exact) mass is 337 g/mol. The number of carbonyl (C=O) groups is 1. The first kappa shape index (κ1) is 20.2. The van der Waals surface area contributed by atoms with E-state index in [1.54, 1.807) is 17.9 Å². The van der Waals surface area contributed by atoms with Gasteiger partial charge in [0, 0.05) is 37.9 Å². The Morgan fingerprint density at radius 3 is 2.67 bits per heavy atom. The molecule has 1 saturated carbocycles. The summed E-state index contributed by atoms with van der Waals surface area (Å²) in [6, 6.07) is 0.398. The Bertz CT molecular complexity index is 436. The summed E-state index contributed by atoms with van der Waals surface area (Å²) in [5, 5.41) is 10.1. The molecule has 1 fully saturated rings. The van der Waals surface area contributed by atoms with Crippen molar-refractivity contribution in [2.24, 2.45) is 7.05 Å². The second-order valence-electron chi connectivity index (χ2n) is 5.17. The van der Waals surface area contributed by atoms with E-state index in [1.807, 2.05) is 13.2 Å². The second-order valence-corrected chi connectivity index (χ2v) is 5.17. The quantitative estimate of drug-likeness (QED) is 0.770. The van der Waals surface area contributed by atoms with Gasteiger partial charge < -0.3 is 15.5 Å². The Kier molecular flexibility index (Phi) is 8.89. The number of likely N-dealkylation sites (N-methyl/N-ethyl adjacent to an activating group) is 2. The molecule has 1 aliphatic carbocycles. The van der Waals surface area contributed by atoms with Crippen molar-refractivity contribution in [2.45, 2.75) is 24.9 Å². The molecule has 1 aromatic heterocycles. The van der Waals surface area contributed by atoms with Crippen LogP contribution in [0.4, 0.5) is 0 Å². The molecule has 1 atom stereocenters. The summed E-state index contributed by atoms with van der Waals surface area (Å²) in [4.78, 5) is 14.4. The highest BCUT2D eigenvalue weighted by molar-refractivity contribution is 5.85. The molecular formula is C13H25Cl2N5O. The molecule has 1 heterocycles. The van der Waals surface area contributed by atoms with Crippen LogP contribution in [0.3, 0.4) is 0 Å². The first-order valence-corrected chi connectivity index (χ1v) is 6.75. The van der Waals surface area contributed by atoms with Crippen molar-refractivity contribution >= 4 is 30.7 Å². The molecule has 0 saturated heterocycles. The number of carbonyl (C=O) groups excluding carboxylic acids is 1. The number of aromatic nitrogens is 2. The molecule has 8 heteroatoms. The van der Waals surface area contributed by atoms with Gasteiger partial charge in [0.05, 0.1) is 6.20 Å². The lowest BCUT2D eigenvalue weighted by Gasteiger charge is -2.18. The Balaban J connectivity index is 0.00000200. The fraction of sp³-hybridized carbons (Fsp3) is 0.692. The van der Waals surface area contributed by atoms with Crippen LogP contribution in [0, 0.1) is 0 Å². The van der Waals surface area contributed by atoms with Crippen LogP contribution in [-0.2, 0) is 11.8 Å². The lowest BCUT2D eigenvalue weighted by atomic mass is 10.1. The van der Waals surface area contributed by atoms with Crippen molar-refractivity contribution in [2.75, 3.05) is 27.2 Å². The van der Waals surface area contributed by atoms with E-state index in [4.69, 9.17) is 0 Å². The van der Waals surface area contributed by atoms with Crippen molar-refractivity contribution in [1.82, 2.24) is 25.3 Å². The molecule has 1 aliphatic rings. The fourth-order valence-corrected chi connectivity index (χ4v) is 2.19. The maximum absolute atomic E-state index is 12.1. The standard InChI is InChI=1S/C13H23N5O.2ClH/c1-14-12(10-8-16-18(3)9-10)13(19)15-6-7-17(2)11-4-5-11;;/h8-9,11-12,14H,4-7H2,1-3H3,(H,15,19);2*1H. The third-order valence-corrected chi connectivity index (χ3v) is 3.54. The van der Waals surface area contributed by atoms with Crippen LogP contribution in [0.5, 0.6) is 0 Å².